The van der Waals surface area contributed by atoms with Crippen LogP contribution >= 0.6 is 23.2 Å². The van der Waals surface area contributed by atoms with Crippen molar-refractivity contribution in [2.45, 2.75) is 30.5 Å². The SMILES string of the molecule is [CH2]CCCCC(Cl)Cl. The number of hydrogen-bond donors (Lipinski definition) is 0. The van der Waals surface area contributed by atoms with Gasteiger partial charge in [-0.25, -0.2) is 0 Å². The van der Waals surface area contributed by atoms with Gasteiger partial charge < -0.3 is 0 Å². The van der Waals surface area contributed by atoms with Gasteiger partial charge in [0.05, 0.1) is 0 Å². The van der Waals surface area contributed by atoms with Crippen molar-refractivity contribution in [3.63, 3.8) is 0 Å². The Hall–Kier alpha value is 0.580. The van der Waals surface area contributed by atoms with Crippen LogP contribution in [0.1, 0.15) is 25.7 Å². The molecule has 0 aliphatic carbocycles. The molecule has 1 radical (unpaired) electrons. The summed E-state index contributed by atoms with van der Waals surface area (Å²) in [6.45, 7) is 3.70. The number of rotatable bonds is 4. The lowest BCUT2D eigenvalue weighted by Crippen LogP contribution is -1.84. The minimum atomic E-state index is -0.179. The van der Waals surface area contributed by atoms with Gasteiger partial charge in [-0.05, 0) is 6.42 Å². The average Bonchev–Trinajstić information content (AvgIpc) is 1.66. The van der Waals surface area contributed by atoms with E-state index in [0.29, 0.717) is 0 Å². The third kappa shape index (κ3) is 6.58. The summed E-state index contributed by atoms with van der Waals surface area (Å²) in [6.07, 6.45) is 4.12. The Morgan fingerprint density at radius 2 is 1.88 bits per heavy atom. The van der Waals surface area contributed by atoms with E-state index in [4.69, 9.17) is 23.2 Å². The van der Waals surface area contributed by atoms with Crippen LogP contribution in [0, 0.1) is 6.92 Å². The van der Waals surface area contributed by atoms with Crippen molar-refractivity contribution in [1.29, 1.82) is 0 Å². The zero-order valence-corrected chi connectivity index (χ0v) is 6.38. The molecular weight excluding hydrogens is 143 g/mol. The summed E-state index contributed by atoms with van der Waals surface area (Å²) in [6, 6.07) is 0. The van der Waals surface area contributed by atoms with Crippen LogP contribution in [0.2, 0.25) is 0 Å². The van der Waals surface area contributed by atoms with Gasteiger partial charge in [-0.2, -0.15) is 0 Å². The van der Waals surface area contributed by atoms with Gasteiger partial charge in [0.2, 0.25) is 0 Å². The van der Waals surface area contributed by atoms with E-state index in [0.717, 1.165) is 25.7 Å². The fourth-order valence-corrected chi connectivity index (χ4v) is 0.784. The van der Waals surface area contributed by atoms with Gasteiger partial charge in [-0.15, -0.1) is 23.2 Å². The Morgan fingerprint density at radius 1 is 1.25 bits per heavy atom. The summed E-state index contributed by atoms with van der Waals surface area (Å²) in [5.74, 6) is 0. The fraction of sp³-hybridized carbons (Fsp3) is 0.833. The Labute approximate surface area is 61.2 Å². The molecule has 0 aromatic rings. The molecule has 0 aliphatic rings. The van der Waals surface area contributed by atoms with E-state index in [1.807, 2.05) is 0 Å². The highest BCUT2D eigenvalue weighted by Gasteiger charge is 1.95. The van der Waals surface area contributed by atoms with Crippen molar-refractivity contribution in [2.24, 2.45) is 0 Å². The highest BCUT2D eigenvalue weighted by atomic mass is 35.5. The van der Waals surface area contributed by atoms with Gasteiger partial charge in [0.15, 0.2) is 0 Å². The quantitative estimate of drug-likeness (QED) is 0.430. The summed E-state index contributed by atoms with van der Waals surface area (Å²) in [5.41, 5.74) is 0. The van der Waals surface area contributed by atoms with Crippen molar-refractivity contribution in [3.8, 4) is 0 Å². The molecule has 0 bridgehead atoms. The van der Waals surface area contributed by atoms with E-state index >= 15 is 0 Å². The maximum Gasteiger partial charge on any atom is 0.107 e. The van der Waals surface area contributed by atoms with Crippen molar-refractivity contribution in [2.75, 3.05) is 0 Å². The van der Waals surface area contributed by atoms with E-state index in [1.165, 1.54) is 0 Å². The Kier molecular flexibility index (Phi) is 6.13. The van der Waals surface area contributed by atoms with Gasteiger partial charge in [0.1, 0.15) is 4.84 Å². The van der Waals surface area contributed by atoms with E-state index in [-0.39, 0.29) is 4.84 Å². The number of halogens is 2. The molecule has 0 N–H and O–H groups in total. The first-order valence-electron chi connectivity index (χ1n) is 2.84. The molecule has 0 amide bonds. The number of alkyl halides is 2. The zero-order valence-electron chi connectivity index (χ0n) is 4.87. The van der Waals surface area contributed by atoms with Crippen molar-refractivity contribution in [3.05, 3.63) is 6.92 Å². The summed E-state index contributed by atoms with van der Waals surface area (Å²) in [5, 5.41) is 0. The van der Waals surface area contributed by atoms with Crippen molar-refractivity contribution >= 4 is 23.2 Å². The first kappa shape index (κ1) is 8.58. The molecule has 0 rings (SSSR count). The highest BCUT2D eigenvalue weighted by Crippen LogP contribution is 2.11. The lowest BCUT2D eigenvalue weighted by molar-refractivity contribution is 0.716. The van der Waals surface area contributed by atoms with E-state index in [1.54, 1.807) is 0 Å². The summed E-state index contributed by atoms with van der Waals surface area (Å²) in [7, 11) is 0. The number of unbranched alkanes of at least 4 members (excludes halogenated alkanes) is 2. The molecule has 0 nitrogen and oxygen atoms in total. The van der Waals surface area contributed by atoms with Gasteiger partial charge in [-0.1, -0.05) is 26.2 Å². The summed E-state index contributed by atoms with van der Waals surface area (Å²) < 4.78 is 0. The average molecular weight is 154 g/mol. The van der Waals surface area contributed by atoms with E-state index < -0.39 is 0 Å². The van der Waals surface area contributed by atoms with E-state index in [2.05, 4.69) is 6.92 Å². The molecule has 0 fully saturated rings. The van der Waals surface area contributed by atoms with Gasteiger partial charge in [0.25, 0.3) is 0 Å². The second-order valence-electron chi connectivity index (χ2n) is 1.74. The Morgan fingerprint density at radius 3 is 2.25 bits per heavy atom. The molecular formula is C6H11Cl2. The maximum absolute atomic E-state index is 5.46. The largest absolute Gasteiger partial charge is 0.107 e. The molecule has 0 heterocycles. The molecule has 8 heavy (non-hydrogen) atoms. The minimum absolute atomic E-state index is 0.179. The molecule has 49 valence electrons. The Bertz CT molecular complexity index is 43.8. The lowest BCUT2D eigenvalue weighted by Gasteiger charge is -1.96. The molecule has 2 heteroatoms. The first-order valence-corrected chi connectivity index (χ1v) is 3.72. The van der Waals surface area contributed by atoms with Gasteiger partial charge in [-0.3, -0.25) is 0 Å². The van der Waals surface area contributed by atoms with Gasteiger partial charge >= 0.3 is 0 Å². The topological polar surface area (TPSA) is 0 Å². The molecule has 0 saturated heterocycles. The van der Waals surface area contributed by atoms with Crippen LogP contribution in [0.3, 0.4) is 0 Å². The second kappa shape index (κ2) is 5.71. The molecule has 0 spiro atoms. The predicted octanol–water partition coefficient (Wildman–Crippen LogP) is 3.18. The van der Waals surface area contributed by atoms with Crippen LogP contribution in [0.5, 0.6) is 0 Å². The van der Waals surface area contributed by atoms with Crippen LogP contribution in [0.4, 0.5) is 0 Å². The predicted molar refractivity (Wildman–Crippen MR) is 39.3 cm³/mol. The third-order valence-corrected chi connectivity index (χ3v) is 1.36. The molecule has 0 aliphatic heterocycles. The van der Waals surface area contributed by atoms with Crippen molar-refractivity contribution in [1.82, 2.24) is 0 Å². The smallest absolute Gasteiger partial charge is 0.105 e. The number of hydrogen-bond acceptors (Lipinski definition) is 0. The molecule has 0 atom stereocenters. The fourth-order valence-electron chi connectivity index (χ4n) is 0.475. The molecule has 0 aromatic heterocycles. The first-order chi connectivity index (χ1) is 3.77. The summed E-state index contributed by atoms with van der Waals surface area (Å²) >= 11 is 10.9. The molecule has 0 unspecified atom stereocenters. The summed E-state index contributed by atoms with van der Waals surface area (Å²) in [4.78, 5) is -0.179. The van der Waals surface area contributed by atoms with Crippen LogP contribution in [-0.2, 0) is 0 Å². The third-order valence-electron chi connectivity index (χ3n) is 0.922. The standard InChI is InChI=1S/C6H11Cl2/c1-2-3-4-5-6(7)8/h6H,1-5H2. The van der Waals surface area contributed by atoms with Crippen LogP contribution in [0.25, 0.3) is 0 Å². The van der Waals surface area contributed by atoms with Crippen LogP contribution in [-0.4, -0.2) is 4.84 Å². The lowest BCUT2D eigenvalue weighted by atomic mass is 10.2. The molecule has 0 saturated carbocycles. The van der Waals surface area contributed by atoms with E-state index in [9.17, 15) is 0 Å². The van der Waals surface area contributed by atoms with Crippen molar-refractivity contribution < 1.29 is 0 Å². The van der Waals surface area contributed by atoms with Crippen LogP contribution in [0.15, 0.2) is 0 Å². The Balaban J connectivity index is 2.72. The monoisotopic (exact) mass is 153 g/mol. The second-order valence-corrected chi connectivity index (χ2v) is 3.02. The molecule has 0 aromatic carbocycles. The zero-order chi connectivity index (χ0) is 6.41. The minimum Gasteiger partial charge on any atom is -0.105 e. The highest BCUT2D eigenvalue weighted by molar-refractivity contribution is 6.44. The normalized spacial score (nSPS) is 10.5. The maximum atomic E-state index is 5.46. The van der Waals surface area contributed by atoms with Gasteiger partial charge in [0, 0.05) is 0 Å². The van der Waals surface area contributed by atoms with Crippen LogP contribution < -0.4 is 0 Å².